The van der Waals surface area contributed by atoms with E-state index in [2.05, 4.69) is 81.9 Å². The number of aryl methyl sites for hydroxylation is 1. The number of fused-ring (bicyclic) bond motifs is 9. The largest absolute Gasteiger partial charge is 0.457 e. The van der Waals surface area contributed by atoms with Crippen molar-refractivity contribution in [1.29, 1.82) is 0 Å². The van der Waals surface area contributed by atoms with Gasteiger partial charge in [-0.2, -0.15) is 0 Å². The molecule has 0 spiro atoms. The Hall–Kier alpha value is -7.18. The molecule has 63 heavy (non-hydrogen) atoms. The van der Waals surface area contributed by atoms with Crippen LogP contribution in [0.15, 0.2) is 138 Å². The zero-order chi connectivity index (χ0) is 42.7. The molecule has 6 nitrogen and oxygen atoms in total. The molecule has 12 heteroatoms. The first-order valence-corrected chi connectivity index (χ1v) is 20.7. The van der Waals surface area contributed by atoms with E-state index in [1.807, 2.05) is 66.7 Å². The van der Waals surface area contributed by atoms with Crippen molar-refractivity contribution in [1.82, 2.24) is 24.1 Å². The summed E-state index contributed by atoms with van der Waals surface area (Å²) in [5.41, 5.74) is 10.4. The molecular weight excluding hydrogens is 763 g/mol. The van der Waals surface area contributed by atoms with Crippen LogP contribution < -0.4 is 32.8 Å². The van der Waals surface area contributed by atoms with Crippen LogP contribution >= 0.6 is 0 Å². The van der Waals surface area contributed by atoms with Gasteiger partial charge in [0.2, 0.25) is 0 Å². The predicted molar refractivity (Wildman–Crippen MR) is 264 cm³/mol. The summed E-state index contributed by atoms with van der Waals surface area (Å²) in [6.45, 7) is 0. The van der Waals surface area contributed by atoms with E-state index in [0.29, 0.717) is 33.7 Å². The fourth-order valence-electron chi connectivity index (χ4n) is 9.54. The van der Waals surface area contributed by atoms with Crippen molar-refractivity contribution < 1.29 is 4.42 Å². The fraction of sp³-hybridized carbons (Fsp3) is 0.0392. The van der Waals surface area contributed by atoms with Crippen LogP contribution in [0.4, 0.5) is 0 Å². The van der Waals surface area contributed by atoms with Crippen molar-refractivity contribution >= 4 is 141 Å². The molecule has 0 saturated heterocycles. The number of hydrogen-bond acceptors (Lipinski definition) is 4. The van der Waals surface area contributed by atoms with Gasteiger partial charge in [-0.25, -0.2) is 15.0 Å². The number of rotatable bonds is 5. The third kappa shape index (κ3) is 5.50. The van der Waals surface area contributed by atoms with Gasteiger partial charge < -0.3 is 13.6 Å². The van der Waals surface area contributed by atoms with E-state index < -0.39 is 0 Å². The normalized spacial score (nSPS) is 12.6. The molecule has 0 N–H and O–H groups in total. The van der Waals surface area contributed by atoms with Gasteiger partial charge in [0.25, 0.3) is 0 Å². The molecule has 7 aromatic carbocycles. The van der Waals surface area contributed by atoms with Crippen LogP contribution in [0.5, 0.6) is 0 Å². The van der Waals surface area contributed by atoms with Crippen LogP contribution in [0.25, 0.3) is 106 Å². The lowest BCUT2D eigenvalue weighted by Gasteiger charge is -2.21. The summed E-state index contributed by atoms with van der Waals surface area (Å²) < 4.78 is 11.2. The SMILES string of the molecule is [B]c1c([B])c(-c2nc(-c3ccccc3)nc(-c3ccccc3)n2)c2c(oc3c([B])c(-n4c5c(c6cc7c8ccccc8n(-c8ccccc8)c7cc64)CCC=C5)c([B])c([B])c32)c1[B]. The first-order chi connectivity index (χ1) is 30.8. The average molecular weight is 791 g/mol. The third-order valence-corrected chi connectivity index (χ3v) is 12.5. The number of hydrogen-bond donors (Lipinski definition) is 0. The first-order valence-electron chi connectivity index (χ1n) is 20.7. The number of allylic oxidation sites excluding steroid dienone is 1. The summed E-state index contributed by atoms with van der Waals surface area (Å²) in [6, 6.07) is 42.7. The molecule has 11 aromatic rings. The minimum Gasteiger partial charge on any atom is -0.457 e. The Morgan fingerprint density at radius 1 is 0.476 bits per heavy atom. The van der Waals surface area contributed by atoms with Crippen LogP contribution in [0.3, 0.4) is 0 Å². The van der Waals surface area contributed by atoms with Crippen LogP contribution in [0, 0.1) is 0 Å². The highest BCUT2D eigenvalue weighted by Gasteiger charge is 2.29. The van der Waals surface area contributed by atoms with E-state index in [-0.39, 0.29) is 49.8 Å². The van der Waals surface area contributed by atoms with Crippen molar-refractivity contribution in [3.8, 4) is 45.5 Å². The van der Waals surface area contributed by atoms with E-state index in [0.717, 1.165) is 68.1 Å². The van der Waals surface area contributed by atoms with Crippen molar-refractivity contribution in [2.45, 2.75) is 12.8 Å². The highest BCUT2D eigenvalue weighted by Crippen LogP contribution is 2.41. The topological polar surface area (TPSA) is 61.7 Å². The quantitative estimate of drug-likeness (QED) is 0.215. The number of nitrogens with zero attached hydrogens (tertiary/aromatic N) is 5. The summed E-state index contributed by atoms with van der Waals surface area (Å²) in [6.07, 6.45) is 6.04. The molecule has 0 bridgehead atoms. The highest BCUT2D eigenvalue weighted by atomic mass is 16.3. The molecule has 12 radical (unpaired) electrons. The van der Waals surface area contributed by atoms with Gasteiger partial charge >= 0.3 is 0 Å². The summed E-state index contributed by atoms with van der Waals surface area (Å²) in [5.74, 6) is 1.11. The van der Waals surface area contributed by atoms with Crippen LogP contribution in [0.1, 0.15) is 17.7 Å². The molecule has 1 aliphatic rings. The highest BCUT2D eigenvalue weighted by molar-refractivity contribution is 6.64. The second-order valence-corrected chi connectivity index (χ2v) is 16.0. The van der Waals surface area contributed by atoms with Gasteiger partial charge in [-0.3, -0.25) is 0 Å². The van der Waals surface area contributed by atoms with Gasteiger partial charge in [0.05, 0.1) is 16.6 Å². The Morgan fingerprint density at radius 2 is 1.08 bits per heavy atom. The molecule has 0 amide bonds. The fourth-order valence-corrected chi connectivity index (χ4v) is 9.54. The Morgan fingerprint density at radius 3 is 1.78 bits per heavy atom. The average Bonchev–Trinajstić information content (AvgIpc) is 3.99. The zero-order valence-electron chi connectivity index (χ0n) is 33.8. The summed E-state index contributed by atoms with van der Waals surface area (Å²) in [5, 5.41) is 4.27. The van der Waals surface area contributed by atoms with E-state index in [1.165, 1.54) is 5.56 Å². The summed E-state index contributed by atoms with van der Waals surface area (Å²) in [7, 11) is 42.3. The van der Waals surface area contributed by atoms with Crippen molar-refractivity contribution in [3.05, 3.63) is 145 Å². The lowest BCUT2D eigenvalue weighted by atomic mass is 9.67. The Bertz CT molecular complexity index is 3690. The minimum atomic E-state index is 0.110. The lowest BCUT2D eigenvalue weighted by Crippen LogP contribution is -2.41. The molecule has 12 rings (SSSR count). The van der Waals surface area contributed by atoms with Crippen LogP contribution in [0.2, 0.25) is 0 Å². The van der Waals surface area contributed by atoms with Gasteiger partial charge in [0, 0.05) is 60.7 Å². The van der Waals surface area contributed by atoms with Gasteiger partial charge in [0.15, 0.2) is 17.5 Å². The Kier molecular flexibility index (Phi) is 8.46. The van der Waals surface area contributed by atoms with Crippen molar-refractivity contribution in [2.24, 2.45) is 0 Å². The molecule has 0 atom stereocenters. The molecule has 0 fully saturated rings. The maximum atomic E-state index is 7.35. The number of furan rings is 1. The van der Waals surface area contributed by atoms with Crippen molar-refractivity contribution in [2.75, 3.05) is 0 Å². The molecular formula is C51H27B6N5O. The minimum absolute atomic E-state index is 0.110. The smallest absolute Gasteiger partial charge is 0.164 e. The maximum absolute atomic E-state index is 7.35. The third-order valence-electron chi connectivity index (χ3n) is 12.5. The lowest BCUT2D eigenvalue weighted by molar-refractivity contribution is 0.674. The molecule has 0 aliphatic heterocycles. The predicted octanol–water partition coefficient (Wildman–Crippen LogP) is 5.54. The Balaban J connectivity index is 1.17. The molecule has 1 aliphatic carbocycles. The number of aromatic nitrogens is 5. The first kappa shape index (κ1) is 37.6. The van der Waals surface area contributed by atoms with E-state index >= 15 is 0 Å². The van der Waals surface area contributed by atoms with Gasteiger partial charge in [-0.1, -0.05) is 125 Å². The van der Waals surface area contributed by atoms with E-state index in [9.17, 15) is 0 Å². The van der Waals surface area contributed by atoms with Crippen molar-refractivity contribution in [3.63, 3.8) is 0 Å². The molecule has 4 heterocycles. The van der Waals surface area contributed by atoms with Crippen LogP contribution in [-0.2, 0) is 6.42 Å². The van der Waals surface area contributed by atoms with E-state index in [4.69, 9.17) is 66.4 Å². The zero-order valence-corrected chi connectivity index (χ0v) is 33.8. The summed E-state index contributed by atoms with van der Waals surface area (Å²) >= 11 is 0. The van der Waals surface area contributed by atoms with Gasteiger partial charge in [0.1, 0.15) is 58.2 Å². The second kappa shape index (κ2) is 14.2. The molecule has 280 valence electrons. The molecule has 0 unspecified atom stereocenters. The van der Waals surface area contributed by atoms with Gasteiger partial charge in [-0.15, -0.1) is 5.46 Å². The standard InChI is InChI=1S/C51H27B6N5O/c52-40-38-37-39(51-59-49(26-14-4-1-5-15-26)58-50(60-51)27-16-6-2-7-17-27)41(53)42(54)44(56)47(37)63-48(38)45(57)46(43(40)55)62-34-23-13-11-21-30(34)32-24-31-29-20-10-12-22-33(29)61(35(31)25-36(32)62)28-18-8-3-9-19-28/h1-10,12-20,22-25H,11,21H2. The maximum Gasteiger partial charge on any atom is 0.164 e. The van der Waals surface area contributed by atoms with Gasteiger partial charge in [-0.05, 0) is 60.3 Å². The van der Waals surface area contributed by atoms with Crippen LogP contribution in [-0.4, -0.2) is 71.2 Å². The number of benzene rings is 7. The number of para-hydroxylation sites is 2. The molecule has 0 saturated carbocycles. The second-order valence-electron chi connectivity index (χ2n) is 16.0. The Labute approximate surface area is 370 Å². The van der Waals surface area contributed by atoms with E-state index in [1.54, 1.807) is 0 Å². The monoisotopic (exact) mass is 791 g/mol. The summed E-state index contributed by atoms with van der Waals surface area (Å²) in [4.78, 5) is 14.9. The molecule has 4 aromatic heterocycles.